The Labute approximate surface area is 211 Å². The summed E-state index contributed by atoms with van der Waals surface area (Å²) in [5, 5.41) is 11.5. The molecule has 8 nitrogen and oxygen atoms in total. The summed E-state index contributed by atoms with van der Waals surface area (Å²) in [6.07, 6.45) is 4.16. The second-order valence-corrected chi connectivity index (χ2v) is 9.00. The van der Waals surface area contributed by atoms with Gasteiger partial charge in [-0.1, -0.05) is 23.7 Å². The average Bonchev–Trinajstić information content (AvgIpc) is 3.37. The summed E-state index contributed by atoms with van der Waals surface area (Å²) in [6, 6.07) is 9.70. The Hall–Kier alpha value is -2.01. The van der Waals surface area contributed by atoms with Crippen LogP contribution in [0.1, 0.15) is 38.8 Å². The lowest BCUT2D eigenvalue weighted by molar-refractivity contribution is 0.0507. The molecule has 0 radical (unpaired) electrons. The Morgan fingerprint density at radius 1 is 1.34 bits per heavy atom. The number of carbonyl (C=O) groups excluding carboxylic acids is 1. The highest BCUT2D eigenvalue weighted by Gasteiger charge is 2.28. The molecule has 1 fully saturated rings. The van der Waals surface area contributed by atoms with Crippen LogP contribution >= 0.6 is 35.6 Å². The van der Waals surface area contributed by atoms with Gasteiger partial charge in [-0.3, -0.25) is 9.67 Å². The van der Waals surface area contributed by atoms with E-state index in [1.165, 1.54) is 0 Å². The highest BCUT2D eigenvalue weighted by molar-refractivity contribution is 14.0. The molecule has 2 N–H and O–H groups in total. The summed E-state index contributed by atoms with van der Waals surface area (Å²) < 4.78 is 7.28. The molecule has 1 saturated heterocycles. The van der Waals surface area contributed by atoms with Crippen LogP contribution in [-0.4, -0.2) is 65.1 Å². The quantitative estimate of drug-likeness (QED) is 0.321. The monoisotopic (exact) mass is 574 g/mol. The fourth-order valence-corrected chi connectivity index (χ4v) is 3.70. The number of halogens is 2. The molecule has 10 heteroatoms. The van der Waals surface area contributed by atoms with Gasteiger partial charge in [0.2, 0.25) is 0 Å². The number of hydrogen-bond donors (Lipinski definition) is 2. The normalized spacial score (nSPS) is 17.5. The number of alkyl carbamates (subject to hydrolysis) is 1. The second kappa shape index (κ2) is 11.7. The first-order valence-corrected chi connectivity index (χ1v) is 10.8. The number of ether oxygens (including phenoxy) is 1. The minimum atomic E-state index is -0.511. The Morgan fingerprint density at radius 2 is 2.06 bits per heavy atom. The van der Waals surface area contributed by atoms with E-state index in [4.69, 9.17) is 16.3 Å². The third-order valence-electron chi connectivity index (χ3n) is 4.97. The molecule has 2 heterocycles. The van der Waals surface area contributed by atoms with E-state index in [0.29, 0.717) is 18.1 Å². The van der Waals surface area contributed by atoms with Crippen LogP contribution in [0.3, 0.4) is 0 Å². The van der Waals surface area contributed by atoms with Crippen molar-refractivity contribution >= 4 is 47.6 Å². The number of amides is 1. The first-order chi connectivity index (χ1) is 14.7. The Kier molecular flexibility index (Phi) is 9.63. The molecule has 1 aliphatic rings. The highest BCUT2D eigenvalue weighted by Crippen LogP contribution is 2.20. The summed E-state index contributed by atoms with van der Waals surface area (Å²) in [5.74, 6) is 0.791. The molecular weight excluding hydrogens is 543 g/mol. The molecule has 0 aliphatic carbocycles. The smallest absolute Gasteiger partial charge is 0.407 e. The molecule has 0 spiro atoms. The molecule has 0 saturated carbocycles. The molecule has 32 heavy (non-hydrogen) atoms. The predicted octanol–water partition coefficient (Wildman–Crippen LogP) is 3.92. The number of benzene rings is 1. The number of aliphatic imine (C=N–C) groups is 1. The maximum Gasteiger partial charge on any atom is 0.407 e. The topological polar surface area (TPSA) is 83.8 Å². The Bertz CT molecular complexity index is 883. The first-order valence-electron chi connectivity index (χ1n) is 10.4. The van der Waals surface area contributed by atoms with Gasteiger partial charge in [0.1, 0.15) is 5.60 Å². The molecule has 0 bridgehead atoms. The van der Waals surface area contributed by atoms with E-state index in [9.17, 15) is 4.79 Å². The van der Waals surface area contributed by atoms with Crippen molar-refractivity contribution in [3.05, 3.63) is 53.3 Å². The van der Waals surface area contributed by atoms with E-state index in [2.05, 4.69) is 25.6 Å². The number of aromatic nitrogens is 2. The van der Waals surface area contributed by atoms with Crippen LogP contribution < -0.4 is 10.6 Å². The van der Waals surface area contributed by atoms with Crippen LogP contribution in [0.5, 0.6) is 0 Å². The van der Waals surface area contributed by atoms with Gasteiger partial charge in [0.25, 0.3) is 0 Å². The van der Waals surface area contributed by atoms with Gasteiger partial charge in [0.15, 0.2) is 5.96 Å². The lowest BCUT2D eigenvalue weighted by Crippen LogP contribution is -2.45. The number of nitrogens with one attached hydrogen (secondary N) is 2. The fourth-order valence-electron chi connectivity index (χ4n) is 3.58. The molecule has 1 aromatic heterocycles. The van der Waals surface area contributed by atoms with Crippen molar-refractivity contribution in [2.75, 3.05) is 26.7 Å². The number of carbonyl (C=O) groups is 1. The van der Waals surface area contributed by atoms with E-state index < -0.39 is 5.60 Å². The summed E-state index contributed by atoms with van der Waals surface area (Å²) >= 11 is 6.06. The number of guanidine groups is 1. The summed E-state index contributed by atoms with van der Waals surface area (Å²) in [6.45, 7) is 7.65. The zero-order valence-corrected chi connectivity index (χ0v) is 22.0. The van der Waals surface area contributed by atoms with Crippen molar-refractivity contribution in [3.8, 4) is 0 Å². The van der Waals surface area contributed by atoms with Crippen LogP contribution in [-0.2, 0) is 4.74 Å². The number of likely N-dealkylation sites (tertiary alicyclic amines) is 1. The predicted molar refractivity (Wildman–Crippen MR) is 138 cm³/mol. The van der Waals surface area contributed by atoms with Crippen molar-refractivity contribution in [1.82, 2.24) is 25.3 Å². The summed E-state index contributed by atoms with van der Waals surface area (Å²) in [4.78, 5) is 18.7. The van der Waals surface area contributed by atoms with Gasteiger partial charge in [-0.25, -0.2) is 4.79 Å². The van der Waals surface area contributed by atoms with E-state index in [0.717, 1.165) is 24.5 Å². The molecule has 2 atom stereocenters. The maximum absolute atomic E-state index is 12.1. The van der Waals surface area contributed by atoms with Gasteiger partial charge in [-0.15, -0.1) is 24.0 Å². The Morgan fingerprint density at radius 3 is 2.66 bits per heavy atom. The van der Waals surface area contributed by atoms with E-state index in [1.807, 2.05) is 62.0 Å². The van der Waals surface area contributed by atoms with Gasteiger partial charge >= 0.3 is 6.09 Å². The standard InChI is InChI=1S/C22H31ClN6O2.HI/c1-22(2,3)31-21(30)27-18-10-13-28(15-18)20(24-4)25-14-19(29-12-5-11-26-29)16-6-8-17(23)9-7-16;/h5-9,11-12,18-19H,10,13-15H2,1-4H3,(H,24,25)(H,27,30);1H/t18-,19?;/m1./s1. The van der Waals surface area contributed by atoms with Crippen molar-refractivity contribution < 1.29 is 9.53 Å². The largest absolute Gasteiger partial charge is 0.444 e. The van der Waals surface area contributed by atoms with Crippen LogP contribution in [0.25, 0.3) is 0 Å². The lowest BCUT2D eigenvalue weighted by atomic mass is 10.1. The zero-order chi connectivity index (χ0) is 22.4. The average molecular weight is 575 g/mol. The maximum atomic E-state index is 12.1. The van der Waals surface area contributed by atoms with Crippen molar-refractivity contribution in [2.24, 2.45) is 4.99 Å². The van der Waals surface area contributed by atoms with Gasteiger partial charge in [0.05, 0.1) is 12.1 Å². The molecule has 1 amide bonds. The highest BCUT2D eigenvalue weighted by atomic mass is 127. The van der Waals surface area contributed by atoms with Gasteiger partial charge in [-0.05, 0) is 51.0 Å². The second-order valence-electron chi connectivity index (χ2n) is 8.56. The lowest BCUT2D eigenvalue weighted by Gasteiger charge is -2.25. The minimum Gasteiger partial charge on any atom is -0.444 e. The van der Waals surface area contributed by atoms with Crippen molar-refractivity contribution in [2.45, 2.75) is 44.9 Å². The molecule has 1 aromatic carbocycles. The third kappa shape index (κ3) is 7.54. The van der Waals surface area contributed by atoms with Crippen LogP contribution in [0.2, 0.25) is 5.02 Å². The van der Waals surface area contributed by atoms with Crippen LogP contribution in [0, 0.1) is 0 Å². The molecule has 3 rings (SSSR count). The molecule has 2 aromatic rings. The molecular formula is C22H32ClIN6O2. The number of rotatable bonds is 5. The van der Waals surface area contributed by atoms with Crippen LogP contribution in [0.15, 0.2) is 47.7 Å². The van der Waals surface area contributed by atoms with Gasteiger partial charge in [0, 0.05) is 44.1 Å². The zero-order valence-electron chi connectivity index (χ0n) is 18.9. The van der Waals surface area contributed by atoms with Gasteiger partial charge < -0.3 is 20.3 Å². The van der Waals surface area contributed by atoms with E-state index in [1.54, 1.807) is 13.2 Å². The summed E-state index contributed by atoms with van der Waals surface area (Å²) in [7, 11) is 1.77. The number of nitrogens with zero attached hydrogens (tertiary/aromatic N) is 4. The van der Waals surface area contributed by atoms with E-state index in [-0.39, 0.29) is 42.2 Å². The minimum absolute atomic E-state index is 0. The van der Waals surface area contributed by atoms with Crippen molar-refractivity contribution in [3.63, 3.8) is 0 Å². The van der Waals surface area contributed by atoms with Crippen LogP contribution in [0.4, 0.5) is 4.79 Å². The van der Waals surface area contributed by atoms with Crippen molar-refractivity contribution in [1.29, 1.82) is 0 Å². The van der Waals surface area contributed by atoms with E-state index >= 15 is 0 Å². The fraction of sp³-hybridized carbons (Fsp3) is 0.500. The molecule has 176 valence electrons. The SMILES string of the molecule is CN=C(NCC(c1ccc(Cl)cc1)n1cccn1)N1CC[C@@H](NC(=O)OC(C)(C)C)C1.I. The first kappa shape index (κ1) is 26.2. The third-order valence-corrected chi connectivity index (χ3v) is 5.22. The van der Waals surface area contributed by atoms with Gasteiger partial charge in [-0.2, -0.15) is 5.10 Å². The Balaban J connectivity index is 0.00000363. The summed E-state index contributed by atoms with van der Waals surface area (Å²) in [5.41, 5.74) is 0.588. The number of hydrogen-bond acceptors (Lipinski definition) is 4. The molecule has 1 aliphatic heterocycles. The molecule has 1 unspecified atom stereocenters.